The smallest absolute Gasteiger partial charge is 0.330 e. The Balaban J connectivity index is 3.29. The van der Waals surface area contributed by atoms with E-state index < -0.39 is 0 Å². The Morgan fingerprint density at radius 2 is 2.42 bits per heavy atom. The molecule has 0 fully saturated rings. The van der Waals surface area contributed by atoms with E-state index in [4.69, 9.17) is 5.11 Å². The minimum atomic E-state index is -0.304. The Kier molecular flexibility index (Phi) is 8.27. The molecule has 0 unspecified atom stereocenters. The van der Waals surface area contributed by atoms with Crippen LogP contribution in [0.3, 0.4) is 0 Å². The molecule has 0 aromatic rings. The summed E-state index contributed by atoms with van der Waals surface area (Å²) in [5.74, 6) is 1.13. The minimum Gasteiger partial charge on any atom is -0.463 e. The number of carbonyl (C=O) groups is 1. The van der Waals surface area contributed by atoms with Gasteiger partial charge in [0.15, 0.2) is 0 Å². The van der Waals surface area contributed by atoms with Crippen LogP contribution in [0.25, 0.3) is 0 Å². The Morgan fingerprint density at radius 3 is 3.00 bits per heavy atom. The molecule has 0 aliphatic rings. The fourth-order valence-corrected chi connectivity index (χ4v) is 1.08. The van der Waals surface area contributed by atoms with Crippen molar-refractivity contribution < 1.29 is 14.6 Å². The van der Waals surface area contributed by atoms with Crippen LogP contribution in [0.1, 0.15) is 6.92 Å². The molecular weight excluding hydrogens is 176 g/mol. The highest BCUT2D eigenvalue weighted by molar-refractivity contribution is 7.99. The average molecular weight is 190 g/mol. The number of hydrogen-bond donors (Lipinski definition) is 1. The molecule has 0 saturated heterocycles. The van der Waals surface area contributed by atoms with Crippen LogP contribution in [0.5, 0.6) is 0 Å². The van der Waals surface area contributed by atoms with Crippen molar-refractivity contribution in [2.45, 2.75) is 6.92 Å². The summed E-state index contributed by atoms with van der Waals surface area (Å²) in [5, 5.41) is 8.42. The number of esters is 1. The summed E-state index contributed by atoms with van der Waals surface area (Å²) in [6, 6.07) is 0. The Morgan fingerprint density at radius 1 is 1.67 bits per heavy atom. The zero-order valence-corrected chi connectivity index (χ0v) is 7.97. The zero-order valence-electron chi connectivity index (χ0n) is 7.16. The Hall–Kier alpha value is -0.480. The molecule has 0 amide bonds. The Labute approximate surface area is 76.8 Å². The van der Waals surface area contributed by atoms with Gasteiger partial charge in [0.25, 0.3) is 0 Å². The van der Waals surface area contributed by atoms with E-state index in [-0.39, 0.29) is 12.6 Å². The van der Waals surface area contributed by atoms with Crippen molar-refractivity contribution in [2.75, 3.05) is 24.7 Å². The molecule has 0 aromatic carbocycles. The summed E-state index contributed by atoms with van der Waals surface area (Å²) in [7, 11) is 0. The van der Waals surface area contributed by atoms with Crippen LogP contribution in [0.15, 0.2) is 12.2 Å². The second kappa shape index (κ2) is 8.62. The fourth-order valence-electron chi connectivity index (χ4n) is 0.551. The molecule has 0 aromatic heterocycles. The molecule has 0 atom stereocenters. The third kappa shape index (κ3) is 7.63. The molecule has 0 rings (SSSR count). The SMILES string of the molecule is CCOC(=O)/C=C/CSCCO. The normalized spacial score (nSPS) is 10.5. The van der Waals surface area contributed by atoms with E-state index in [0.29, 0.717) is 12.4 Å². The average Bonchev–Trinajstić information content (AvgIpc) is 2.05. The summed E-state index contributed by atoms with van der Waals surface area (Å²) in [6.45, 7) is 2.36. The monoisotopic (exact) mass is 190 g/mol. The van der Waals surface area contributed by atoms with Gasteiger partial charge in [0.1, 0.15) is 0 Å². The molecular formula is C8H14O3S. The van der Waals surface area contributed by atoms with Gasteiger partial charge in [0.05, 0.1) is 13.2 Å². The minimum absolute atomic E-state index is 0.178. The van der Waals surface area contributed by atoms with E-state index in [0.717, 1.165) is 5.75 Å². The third-order valence-electron chi connectivity index (χ3n) is 0.990. The highest BCUT2D eigenvalue weighted by atomic mass is 32.2. The van der Waals surface area contributed by atoms with Gasteiger partial charge in [-0.05, 0) is 6.92 Å². The third-order valence-corrected chi connectivity index (χ3v) is 1.89. The number of rotatable bonds is 6. The van der Waals surface area contributed by atoms with Crippen molar-refractivity contribution >= 4 is 17.7 Å². The summed E-state index contributed by atoms with van der Waals surface area (Å²) >= 11 is 1.57. The van der Waals surface area contributed by atoms with E-state index in [1.807, 2.05) is 0 Å². The predicted octanol–water partition coefficient (Wildman–Crippen LogP) is 0.831. The van der Waals surface area contributed by atoms with Crippen LogP contribution < -0.4 is 0 Å². The van der Waals surface area contributed by atoms with E-state index in [1.165, 1.54) is 6.08 Å². The molecule has 0 radical (unpaired) electrons. The largest absolute Gasteiger partial charge is 0.463 e. The first-order valence-corrected chi connectivity index (χ1v) is 4.98. The summed E-state index contributed by atoms with van der Waals surface area (Å²) < 4.78 is 4.66. The molecule has 4 heteroatoms. The van der Waals surface area contributed by atoms with Gasteiger partial charge in [-0.1, -0.05) is 6.08 Å². The van der Waals surface area contributed by atoms with Gasteiger partial charge >= 0.3 is 5.97 Å². The second-order valence-corrected chi connectivity index (χ2v) is 3.10. The lowest BCUT2D eigenvalue weighted by atomic mass is 10.5. The van der Waals surface area contributed by atoms with Crippen LogP contribution in [-0.2, 0) is 9.53 Å². The lowest BCUT2D eigenvalue weighted by Gasteiger charge is -1.94. The van der Waals surface area contributed by atoms with Gasteiger partial charge in [-0.25, -0.2) is 4.79 Å². The number of aliphatic hydroxyl groups is 1. The maximum absolute atomic E-state index is 10.7. The first-order valence-electron chi connectivity index (χ1n) is 3.83. The molecule has 0 saturated carbocycles. The molecule has 0 aliphatic heterocycles. The van der Waals surface area contributed by atoms with Crippen molar-refractivity contribution in [2.24, 2.45) is 0 Å². The van der Waals surface area contributed by atoms with Crippen molar-refractivity contribution in [3.63, 3.8) is 0 Å². The van der Waals surface area contributed by atoms with Crippen LogP contribution in [-0.4, -0.2) is 35.8 Å². The van der Waals surface area contributed by atoms with Crippen LogP contribution in [0.4, 0.5) is 0 Å². The first-order chi connectivity index (χ1) is 5.81. The molecule has 1 N–H and O–H groups in total. The van der Waals surface area contributed by atoms with Crippen LogP contribution in [0, 0.1) is 0 Å². The number of thioether (sulfide) groups is 1. The molecule has 0 bridgehead atoms. The topological polar surface area (TPSA) is 46.5 Å². The molecule has 0 spiro atoms. The second-order valence-electron chi connectivity index (χ2n) is 1.95. The first kappa shape index (κ1) is 11.5. The summed E-state index contributed by atoms with van der Waals surface area (Å²) in [4.78, 5) is 10.7. The molecule has 0 heterocycles. The highest BCUT2D eigenvalue weighted by Crippen LogP contribution is 1.98. The van der Waals surface area contributed by atoms with Gasteiger partial charge < -0.3 is 9.84 Å². The van der Waals surface area contributed by atoms with E-state index in [1.54, 1.807) is 24.8 Å². The van der Waals surface area contributed by atoms with Crippen molar-refractivity contribution in [3.05, 3.63) is 12.2 Å². The maximum Gasteiger partial charge on any atom is 0.330 e. The van der Waals surface area contributed by atoms with Gasteiger partial charge in [0, 0.05) is 17.6 Å². The number of hydrogen-bond acceptors (Lipinski definition) is 4. The van der Waals surface area contributed by atoms with Gasteiger partial charge in [-0.3, -0.25) is 0 Å². The summed E-state index contributed by atoms with van der Waals surface area (Å²) in [6.07, 6.45) is 3.15. The molecule has 0 aliphatic carbocycles. The quantitative estimate of drug-likeness (QED) is 0.383. The van der Waals surface area contributed by atoms with Crippen LogP contribution >= 0.6 is 11.8 Å². The highest BCUT2D eigenvalue weighted by Gasteiger charge is 1.91. The maximum atomic E-state index is 10.7. The van der Waals surface area contributed by atoms with Gasteiger partial charge in [-0.2, -0.15) is 11.8 Å². The standard InChI is InChI=1S/C8H14O3S/c1-2-11-8(10)4-3-6-12-7-5-9/h3-4,9H,2,5-7H2,1H3/b4-3+. The molecule has 70 valence electrons. The zero-order chi connectivity index (χ0) is 9.23. The van der Waals surface area contributed by atoms with Crippen molar-refractivity contribution in [1.29, 1.82) is 0 Å². The van der Waals surface area contributed by atoms with Crippen molar-refractivity contribution in [3.8, 4) is 0 Å². The lowest BCUT2D eigenvalue weighted by molar-refractivity contribution is -0.137. The van der Waals surface area contributed by atoms with E-state index >= 15 is 0 Å². The number of aliphatic hydroxyl groups excluding tert-OH is 1. The lowest BCUT2D eigenvalue weighted by Crippen LogP contribution is -1.99. The van der Waals surface area contributed by atoms with E-state index in [2.05, 4.69) is 4.74 Å². The fraction of sp³-hybridized carbons (Fsp3) is 0.625. The Bertz CT molecular complexity index is 145. The van der Waals surface area contributed by atoms with Gasteiger partial charge in [0.2, 0.25) is 0 Å². The molecule has 12 heavy (non-hydrogen) atoms. The van der Waals surface area contributed by atoms with E-state index in [9.17, 15) is 4.79 Å². The van der Waals surface area contributed by atoms with Crippen LogP contribution in [0.2, 0.25) is 0 Å². The molecule has 3 nitrogen and oxygen atoms in total. The number of carbonyl (C=O) groups excluding carboxylic acids is 1. The van der Waals surface area contributed by atoms with Crippen molar-refractivity contribution in [1.82, 2.24) is 0 Å². The number of ether oxygens (including phenoxy) is 1. The predicted molar refractivity (Wildman–Crippen MR) is 50.2 cm³/mol. The van der Waals surface area contributed by atoms with Gasteiger partial charge in [-0.15, -0.1) is 0 Å². The summed E-state index contributed by atoms with van der Waals surface area (Å²) in [5.41, 5.74) is 0.